The zero-order valence-electron chi connectivity index (χ0n) is 19.9. The molecule has 1 atom stereocenters. The molecular formula is C27H29N5O3. The minimum Gasteiger partial charge on any atom is -0.497 e. The number of pyridine rings is 1. The molecule has 0 saturated carbocycles. The molecule has 0 radical (unpaired) electrons. The molecule has 1 unspecified atom stereocenters. The number of morpholine rings is 1. The van der Waals surface area contributed by atoms with Gasteiger partial charge in [-0.2, -0.15) is 0 Å². The zero-order valence-corrected chi connectivity index (χ0v) is 19.9. The van der Waals surface area contributed by atoms with Gasteiger partial charge in [-0.1, -0.05) is 12.1 Å². The highest BCUT2D eigenvalue weighted by atomic mass is 16.5. The normalized spacial score (nSPS) is 20.5. The van der Waals surface area contributed by atoms with Gasteiger partial charge in [0, 0.05) is 42.8 Å². The molecule has 0 spiro atoms. The summed E-state index contributed by atoms with van der Waals surface area (Å²) >= 11 is 0. The van der Waals surface area contributed by atoms with E-state index >= 15 is 0 Å². The van der Waals surface area contributed by atoms with Crippen LogP contribution in [-0.2, 0) is 16.8 Å². The number of nitrogens with zero attached hydrogens (tertiary/aromatic N) is 5. The standard InChI is InChI=1S/C27H29N5O3/c1-34-22-8-6-21(7-9-22)27(33)11-3-2-4-23-25(27)32-18-19(5-10-24(32)30-23)20-16-28-26(29-17-20)31-12-14-35-15-13-31/h5-10,16-18,33H,2-4,11-15H2,1H3. The summed E-state index contributed by atoms with van der Waals surface area (Å²) < 4.78 is 12.8. The Kier molecular flexibility index (Phi) is 5.62. The third-order valence-electron chi connectivity index (χ3n) is 7.12. The van der Waals surface area contributed by atoms with Crippen molar-refractivity contribution in [2.24, 2.45) is 0 Å². The van der Waals surface area contributed by atoms with Crippen LogP contribution >= 0.6 is 0 Å². The van der Waals surface area contributed by atoms with Crippen LogP contribution in [0.4, 0.5) is 5.95 Å². The fourth-order valence-electron chi connectivity index (χ4n) is 5.21. The van der Waals surface area contributed by atoms with Crippen molar-refractivity contribution >= 4 is 11.6 Å². The van der Waals surface area contributed by atoms with Crippen molar-refractivity contribution in [2.75, 3.05) is 38.3 Å². The molecule has 180 valence electrons. The molecule has 3 aromatic heterocycles. The molecule has 4 heterocycles. The number of hydrogen-bond donors (Lipinski definition) is 1. The number of aliphatic hydroxyl groups is 1. The minimum absolute atomic E-state index is 0.641. The summed E-state index contributed by atoms with van der Waals surface area (Å²) in [5.74, 6) is 1.50. The molecule has 1 fully saturated rings. The molecular weight excluding hydrogens is 442 g/mol. The summed E-state index contributed by atoms with van der Waals surface area (Å²) in [5, 5.41) is 12.1. The molecule has 4 aromatic rings. The highest BCUT2D eigenvalue weighted by Gasteiger charge is 2.38. The number of benzene rings is 1. The molecule has 0 bridgehead atoms. The Hall–Kier alpha value is -3.49. The number of fused-ring (bicyclic) bond motifs is 3. The van der Waals surface area contributed by atoms with E-state index in [1.165, 1.54) is 0 Å². The van der Waals surface area contributed by atoms with Gasteiger partial charge in [-0.25, -0.2) is 15.0 Å². The summed E-state index contributed by atoms with van der Waals surface area (Å²) in [6.07, 6.45) is 9.20. The first-order valence-corrected chi connectivity index (χ1v) is 12.2. The maximum Gasteiger partial charge on any atom is 0.225 e. The van der Waals surface area contributed by atoms with Crippen molar-refractivity contribution in [3.05, 3.63) is 71.9 Å². The quantitative estimate of drug-likeness (QED) is 0.455. The lowest BCUT2D eigenvalue weighted by molar-refractivity contribution is 0.0651. The predicted molar refractivity (Wildman–Crippen MR) is 133 cm³/mol. The highest BCUT2D eigenvalue weighted by Crippen LogP contribution is 2.40. The van der Waals surface area contributed by atoms with Gasteiger partial charge < -0.3 is 19.5 Å². The maximum absolute atomic E-state index is 12.1. The molecule has 2 aliphatic rings. The van der Waals surface area contributed by atoms with Crippen molar-refractivity contribution < 1.29 is 14.6 Å². The van der Waals surface area contributed by atoms with Gasteiger partial charge in [0.15, 0.2) is 0 Å². The van der Waals surface area contributed by atoms with Gasteiger partial charge in [0.05, 0.1) is 31.7 Å². The molecule has 8 nitrogen and oxygen atoms in total. The molecule has 1 saturated heterocycles. The van der Waals surface area contributed by atoms with Crippen molar-refractivity contribution in [1.82, 2.24) is 19.4 Å². The Labute approximate surface area is 204 Å². The van der Waals surface area contributed by atoms with Crippen molar-refractivity contribution in [1.29, 1.82) is 0 Å². The molecule has 1 N–H and O–H groups in total. The number of hydrogen-bond acceptors (Lipinski definition) is 7. The third kappa shape index (κ3) is 3.92. The SMILES string of the molecule is COc1ccc(C2(O)CCCCc3nc4ccc(-c5cnc(N6CCOCC6)nc5)cn4c32)cc1. The number of aromatic nitrogens is 4. The first-order valence-electron chi connectivity index (χ1n) is 12.2. The van der Waals surface area contributed by atoms with E-state index in [0.29, 0.717) is 19.6 Å². The van der Waals surface area contributed by atoms with E-state index in [2.05, 4.69) is 19.3 Å². The largest absolute Gasteiger partial charge is 0.497 e. The van der Waals surface area contributed by atoms with Gasteiger partial charge in [-0.3, -0.25) is 4.40 Å². The lowest BCUT2D eigenvalue weighted by Crippen LogP contribution is -2.37. The Morgan fingerprint density at radius 3 is 2.49 bits per heavy atom. The van der Waals surface area contributed by atoms with Gasteiger partial charge in [-0.15, -0.1) is 0 Å². The zero-order chi connectivity index (χ0) is 23.8. The predicted octanol–water partition coefficient (Wildman–Crippen LogP) is 3.60. The average molecular weight is 472 g/mol. The number of aryl methyl sites for hydroxylation is 1. The third-order valence-corrected chi connectivity index (χ3v) is 7.12. The second-order valence-corrected chi connectivity index (χ2v) is 9.22. The maximum atomic E-state index is 12.1. The fourth-order valence-corrected chi connectivity index (χ4v) is 5.21. The van der Waals surface area contributed by atoms with Crippen LogP contribution in [-0.4, -0.2) is 57.9 Å². The van der Waals surface area contributed by atoms with Gasteiger partial charge in [-0.05, 0) is 55.5 Å². The smallest absolute Gasteiger partial charge is 0.225 e. The fraction of sp³-hybridized carbons (Fsp3) is 0.370. The lowest BCUT2D eigenvalue weighted by Gasteiger charge is -2.28. The minimum atomic E-state index is -1.13. The van der Waals surface area contributed by atoms with Crippen LogP contribution in [0.3, 0.4) is 0 Å². The van der Waals surface area contributed by atoms with E-state index in [1.54, 1.807) is 7.11 Å². The second-order valence-electron chi connectivity index (χ2n) is 9.22. The Morgan fingerprint density at radius 2 is 1.74 bits per heavy atom. The Bertz CT molecular complexity index is 1330. The van der Waals surface area contributed by atoms with Crippen LogP contribution in [0, 0.1) is 0 Å². The van der Waals surface area contributed by atoms with E-state index in [4.69, 9.17) is 14.5 Å². The Balaban J connectivity index is 1.41. The van der Waals surface area contributed by atoms with Crippen LogP contribution in [0.15, 0.2) is 55.0 Å². The van der Waals surface area contributed by atoms with Gasteiger partial charge >= 0.3 is 0 Å². The van der Waals surface area contributed by atoms with E-state index < -0.39 is 5.60 Å². The van der Waals surface area contributed by atoms with Crippen LogP contribution < -0.4 is 9.64 Å². The van der Waals surface area contributed by atoms with Crippen molar-refractivity contribution in [3.63, 3.8) is 0 Å². The monoisotopic (exact) mass is 471 g/mol. The first kappa shape index (κ1) is 22.0. The highest BCUT2D eigenvalue weighted by molar-refractivity contribution is 5.64. The topological polar surface area (TPSA) is 85.0 Å². The van der Waals surface area contributed by atoms with Crippen LogP contribution in [0.25, 0.3) is 16.8 Å². The number of rotatable bonds is 4. The summed E-state index contributed by atoms with van der Waals surface area (Å²) in [5.41, 5.74) is 4.26. The molecule has 1 aliphatic heterocycles. The van der Waals surface area contributed by atoms with E-state index in [0.717, 1.165) is 77.8 Å². The molecule has 8 heteroatoms. The summed E-state index contributed by atoms with van der Waals surface area (Å²) in [6, 6.07) is 11.8. The van der Waals surface area contributed by atoms with E-state index in [-0.39, 0.29) is 0 Å². The first-order chi connectivity index (χ1) is 17.2. The number of ether oxygens (including phenoxy) is 2. The van der Waals surface area contributed by atoms with Crippen LogP contribution in [0.1, 0.15) is 36.2 Å². The summed E-state index contributed by atoms with van der Waals surface area (Å²) in [4.78, 5) is 16.3. The lowest BCUT2D eigenvalue weighted by atomic mass is 9.86. The van der Waals surface area contributed by atoms with Gasteiger partial charge in [0.2, 0.25) is 5.95 Å². The van der Waals surface area contributed by atoms with Crippen molar-refractivity contribution in [3.8, 4) is 16.9 Å². The number of anilines is 1. The molecule has 35 heavy (non-hydrogen) atoms. The number of imidazole rings is 1. The average Bonchev–Trinajstić information content (AvgIpc) is 3.21. The van der Waals surface area contributed by atoms with Gasteiger partial charge in [0.1, 0.15) is 17.0 Å². The molecule has 1 aromatic carbocycles. The molecule has 0 amide bonds. The van der Waals surface area contributed by atoms with Crippen LogP contribution in [0.5, 0.6) is 5.75 Å². The number of methoxy groups -OCH3 is 1. The molecule has 6 rings (SSSR count). The van der Waals surface area contributed by atoms with Crippen molar-refractivity contribution in [2.45, 2.75) is 31.3 Å². The van der Waals surface area contributed by atoms with Crippen LogP contribution in [0.2, 0.25) is 0 Å². The second kappa shape index (κ2) is 8.94. The Morgan fingerprint density at radius 1 is 0.971 bits per heavy atom. The summed E-state index contributed by atoms with van der Waals surface area (Å²) in [6.45, 7) is 3.00. The van der Waals surface area contributed by atoms with E-state index in [9.17, 15) is 5.11 Å². The molecule has 1 aliphatic carbocycles. The summed E-state index contributed by atoms with van der Waals surface area (Å²) in [7, 11) is 1.65. The van der Waals surface area contributed by atoms with E-state index in [1.807, 2.05) is 55.0 Å². The van der Waals surface area contributed by atoms with Gasteiger partial charge in [0.25, 0.3) is 0 Å².